The van der Waals surface area contributed by atoms with E-state index in [1.165, 1.54) is 0 Å². The van der Waals surface area contributed by atoms with Crippen LogP contribution in [0.5, 0.6) is 0 Å². The van der Waals surface area contributed by atoms with Crippen LogP contribution < -0.4 is 16.4 Å². The molecule has 2 aromatic carbocycles. The number of aryl methyl sites for hydroxylation is 2. The Morgan fingerprint density at radius 1 is 1.08 bits per heavy atom. The lowest BCUT2D eigenvalue weighted by Gasteiger charge is -2.30. The molecular formula is C28H34N4O5. The molecule has 4 N–H and O–H groups in total. The Hall–Kier alpha value is -4.32. The van der Waals surface area contributed by atoms with Crippen LogP contribution in [0.15, 0.2) is 48.5 Å². The lowest BCUT2D eigenvalue weighted by Crippen LogP contribution is -2.52. The van der Waals surface area contributed by atoms with Gasteiger partial charge < -0.3 is 21.1 Å². The van der Waals surface area contributed by atoms with Crippen molar-refractivity contribution in [2.45, 2.75) is 65.1 Å². The minimum atomic E-state index is -1.45. The molecule has 37 heavy (non-hydrogen) atoms. The summed E-state index contributed by atoms with van der Waals surface area (Å²) in [5.74, 6) is -2.28. The van der Waals surface area contributed by atoms with Crippen molar-refractivity contribution in [1.82, 2.24) is 10.2 Å². The van der Waals surface area contributed by atoms with Gasteiger partial charge in [-0.25, -0.2) is 4.79 Å². The van der Waals surface area contributed by atoms with E-state index in [2.05, 4.69) is 16.7 Å². The number of benzene rings is 2. The number of para-hydroxylation sites is 1. The first-order valence-electron chi connectivity index (χ1n) is 11.9. The summed E-state index contributed by atoms with van der Waals surface area (Å²) in [6.45, 7) is 8.77. The molecule has 0 aliphatic carbocycles. The predicted octanol–water partition coefficient (Wildman–Crippen LogP) is 3.43. The largest absolute Gasteiger partial charge is 0.444 e. The molecule has 0 aliphatic heterocycles. The maximum Gasteiger partial charge on any atom is 0.408 e. The van der Waals surface area contributed by atoms with Crippen LogP contribution in [0.4, 0.5) is 10.5 Å². The Morgan fingerprint density at radius 2 is 1.70 bits per heavy atom. The molecule has 2 atom stereocenters. The van der Waals surface area contributed by atoms with E-state index in [4.69, 9.17) is 16.9 Å². The fraction of sp³-hybridized carbons (Fsp3) is 0.357. The number of nitrogens with two attached hydrogens (primary N) is 1. The van der Waals surface area contributed by atoms with Gasteiger partial charge in [0.25, 0.3) is 11.8 Å². The maximum atomic E-state index is 13.6. The van der Waals surface area contributed by atoms with Crippen molar-refractivity contribution in [3.05, 3.63) is 65.2 Å². The van der Waals surface area contributed by atoms with E-state index >= 15 is 0 Å². The van der Waals surface area contributed by atoms with Gasteiger partial charge in [-0.15, -0.1) is 0 Å². The molecule has 0 aromatic heterocycles. The fourth-order valence-electron chi connectivity index (χ4n) is 3.55. The normalized spacial score (nSPS) is 12.4. The second kappa shape index (κ2) is 12.6. The molecule has 4 amide bonds. The highest BCUT2D eigenvalue weighted by Gasteiger charge is 2.36. The molecular weight excluding hydrogens is 472 g/mol. The third kappa shape index (κ3) is 8.39. The van der Waals surface area contributed by atoms with Gasteiger partial charge in [-0.05, 0) is 56.9 Å². The third-order valence-electron chi connectivity index (χ3n) is 5.38. The highest BCUT2D eigenvalue weighted by atomic mass is 16.6. The number of amides is 4. The van der Waals surface area contributed by atoms with Crippen LogP contribution in [-0.4, -0.2) is 40.4 Å². The highest BCUT2D eigenvalue weighted by Crippen LogP contribution is 2.26. The van der Waals surface area contributed by atoms with Crippen molar-refractivity contribution in [3.8, 4) is 12.5 Å². The van der Waals surface area contributed by atoms with Gasteiger partial charge >= 0.3 is 6.09 Å². The first kappa shape index (κ1) is 28.9. The van der Waals surface area contributed by atoms with Gasteiger partial charge in [0.2, 0.25) is 5.91 Å². The van der Waals surface area contributed by atoms with Crippen LogP contribution in [0.2, 0.25) is 0 Å². The number of nitrogens with one attached hydrogen (secondary N) is 2. The van der Waals surface area contributed by atoms with Crippen LogP contribution in [0.1, 0.15) is 56.8 Å². The van der Waals surface area contributed by atoms with E-state index in [-0.39, 0.29) is 0 Å². The standard InChI is InChI=1S/C28H34N4O5/c1-7-19-13-15-20(16-14-19)24(25(34)30-21-12-10-9-11-18(21)3)32(8-2)26(35)22(17-23(29)33)31-27(36)37-28(4,5)6/h2,9-16,22,24H,7,17H2,1,3-6H3,(H2,29,33)(H,30,34)(H,31,36). The number of hydrogen-bond acceptors (Lipinski definition) is 5. The zero-order valence-corrected chi connectivity index (χ0v) is 21.8. The smallest absolute Gasteiger partial charge is 0.408 e. The van der Waals surface area contributed by atoms with E-state index in [1.807, 2.05) is 38.1 Å². The van der Waals surface area contributed by atoms with Crippen LogP contribution in [0.3, 0.4) is 0 Å². The van der Waals surface area contributed by atoms with Gasteiger partial charge in [-0.1, -0.05) is 55.8 Å². The monoisotopic (exact) mass is 506 g/mol. The molecule has 0 fully saturated rings. The Balaban J connectivity index is 2.48. The first-order valence-corrected chi connectivity index (χ1v) is 11.9. The minimum absolute atomic E-state index is 0.449. The molecule has 0 saturated carbocycles. The molecule has 2 rings (SSSR count). The van der Waals surface area contributed by atoms with E-state index in [9.17, 15) is 19.2 Å². The fourth-order valence-corrected chi connectivity index (χ4v) is 3.55. The summed E-state index contributed by atoms with van der Waals surface area (Å²) in [7, 11) is 0. The highest BCUT2D eigenvalue weighted by molar-refractivity contribution is 6.00. The molecule has 9 heteroatoms. The molecule has 0 saturated heterocycles. The number of alkyl carbamates (subject to hydrolysis) is 1. The summed E-state index contributed by atoms with van der Waals surface area (Å²) in [5, 5.41) is 5.19. The number of carbonyl (C=O) groups excluding carboxylic acids is 4. The second-order valence-electron chi connectivity index (χ2n) is 9.51. The Morgan fingerprint density at radius 3 is 2.22 bits per heavy atom. The Kier molecular flexibility index (Phi) is 9.83. The molecule has 196 valence electrons. The summed E-state index contributed by atoms with van der Waals surface area (Å²) >= 11 is 0. The maximum absolute atomic E-state index is 13.6. The summed E-state index contributed by atoms with van der Waals surface area (Å²) < 4.78 is 5.22. The number of carbonyl (C=O) groups is 4. The molecule has 9 nitrogen and oxygen atoms in total. The molecule has 0 aliphatic rings. The van der Waals surface area contributed by atoms with Crippen molar-refractivity contribution >= 4 is 29.5 Å². The predicted molar refractivity (Wildman–Crippen MR) is 141 cm³/mol. The van der Waals surface area contributed by atoms with Gasteiger partial charge in [0.15, 0.2) is 0 Å². The van der Waals surface area contributed by atoms with Crippen molar-refractivity contribution in [1.29, 1.82) is 0 Å². The average Bonchev–Trinajstić information content (AvgIpc) is 2.81. The van der Waals surface area contributed by atoms with Crippen molar-refractivity contribution < 1.29 is 23.9 Å². The zero-order valence-electron chi connectivity index (χ0n) is 21.8. The molecule has 0 spiro atoms. The van der Waals surface area contributed by atoms with Crippen molar-refractivity contribution in [2.24, 2.45) is 5.73 Å². The number of rotatable bonds is 9. The summed E-state index contributed by atoms with van der Waals surface area (Å²) in [5.41, 5.74) is 7.32. The Labute approximate surface area is 217 Å². The van der Waals surface area contributed by atoms with E-state index in [0.29, 0.717) is 11.3 Å². The van der Waals surface area contributed by atoms with E-state index in [0.717, 1.165) is 22.4 Å². The first-order chi connectivity index (χ1) is 17.4. The molecule has 0 radical (unpaired) electrons. The van der Waals surface area contributed by atoms with E-state index in [1.54, 1.807) is 45.0 Å². The number of anilines is 1. The van der Waals surface area contributed by atoms with Gasteiger partial charge in [0.05, 0.1) is 6.42 Å². The van der Waals surface area contributed by atoms with Crippen molar-refractivity contribution in [2.75, 3.05) is 5.32 Å². The number of primary amides is 1. The number of nitrogens with zero attached hydrogens (tertiary/aromatic N) is 1. The third-order valence-corrected chi connectivity index (χ3v) is 5.38. The number of hydrogen-bond donors (Lipinski definition) is 3. The minimum Gasteiger partial charge on any atom is -0.444 e. The van der Waals surface area contributed by atoms with Gasteiger partial charge in [0.1, 0.15) is 17.7 Å². The summed E-state index contributed by atoms with van der Waals surface area (Å²) in [6, 6.07) is 13.8. The van der Waals surface area contributed by atoms with Crippen molar-refractivity contribution in [3.63, 3.8) is 0 Å². The van der Waals surface area contributed by atoms with Crippen LogP contribution >= 0.6 is 0 Å². The molecule has 2 aromatic rings. The van der Waals surface area contributed by atoms with Gasteiger partial charge in [-0.3, -0.25) is 19.3 Å². The lowest BCUT2D eigenvalue weighted by molar-refractivity contribution is -0.138. The van der Waals surface area contributed by atoms with Crippen LogP contribution in [-0.2, 0) is 25.5 Å². The number of terminal acetylenes is 1. The molecule has 0 bridgehead atoms. The van der Waals surface area contributed by atoms with Crippen LogP contribution in [0.25, 0.3) is 0 Å². The SMILES string of the molecule is C#CN(C(=O)C(CC(N)=O)NC(=O)OC(C)(C)C)C(C(=O)Nc1ccccc1C)c1ccc(CC)cc1. The van der Waals surface area contributed by atoms with Crippen LogP contribution in [0, 0.1) is 19.4 Å². The quantitative estimate of drug-likeness (QED) is 0.354. The average molecular weight is 507 g/mol. The lowest BCUT2D eigenvalue weighted by atomic mass is 10.00. The van der Waals surface area contributed by atoms with Gasteiger partial charge in [0, 0.05) is 11.7 Å². The summed E-state index contributed by atoms with van der Waals surface area (Å²) in [4.78, 5) is 52.2. The van der Waals surface area contributed by atoms with Gasteiger partial charge in [-0.2, -0.15) is 0 Å². The second-order valence-corrected chi connectivity index (χ2v) is 9.51. The van der Waals surface area contributed by atoms with E-state index < -0.39 is 47.9 Å². The Bertz CT molecular complexity index is 1180. The zero-order chi connectivity index (χ0) is 27.8. The molecule has 0 heterocycles. The number of ether oxygens (including phenoxy) is 1. The summed E-state index contributed by atoms with van der Waals surface area (Å²) in [6.07, 6.45) is 5.04. The molecule has 2 unspecified atom stereocenters. The topological polar surface area (TPSA) is 131 Å².